The van der Waals surface area contributed by atoms with E-state index in [9.17, 15) is 0 Å². The molecule has 0 unspecified atom stereocenters. The fraction of sp³-hybridized carbons (Fsp3) is 0.316. The first-order chi connectivity index (χ1) is 13.1. The first-order valence-corrected chi connectivity index (χ1v) is 9.72. The molecule has 8 heteroatoms. The van der Waals surface area contributed by atoms with E-state index >= 15 is 0 Å². The summed E-state index contributed by atoms with van der Waals surface area (Å²) < 4.78 is 7.42. The second-order valence-electron chi connectivity index (χ2n) is 6.74. The normalized spacial score (nSPS) is 15.3. The zero-order valence-electron chi connectivity index (χ0n) is 15.1. The smallest absolute Gasteiger partial charge is 0.292 e. The topological polar surface area (TPSA) is 51.5 Å². The minimum absolute atomic E-state index is 0.398. The molecule has 0 spiro atoms. The van der Waals surface area contributed by atoms with Gasteiger partial charge in [0.05, 0.1) is 31.7 Å². The maximum absolute atomic E-state index is 6.17. The van der Waals surface area contributed by atoms with Crippen LogP contribution in [-0.2, 0) is 6.67 Å². The Morgan fingerprint density at radius 2 is 2.07 bits per heavy atom. The fourth-order valence-electron chi connectivity index (χ4n) is 3.37. The molecular weight excluding hydrogens is 382 g/mol. The molecule has 27 heavy (non-hydrogen) atoms. The van der Waals surface area contributed by atoms with E-state index in [-0.39, 0.29) is 0 Å². The number of nitrogens with zero attached hydrogens (tertiary/aromatic N) is 4. The van der Waals surface area contributed by atoms with Crippen molar-refractivity contribution in [2.75, 3.05) is 31.1 Å². The fourth-order valence-corrected chi connectivity index (χ4v) is 3.72. The number of benzene rings is 1. The Bertz CT molecular complexity index is 979. The van der Waals surface area contributed by atoms with E-state index in [1.807, 2.05) is 18.2 Å². The predicted octanol–water partition coefficient (Wildman–Crippen LogP) is 2.59. The summed E-state index contributed by atoms with van der Waals surface area (Å²) in [4.78, 5) is 8.32. The van der Waals surface area contributed by atoms with Crippen LogP contribution in [0.2, 0.25) is 5.02 Å². The van der Waals surface area contributed by atoms with Crippen molar-refractivity contribution in [3.05, 3.63) is 58.1 Å². The molecule has 0 bridgehead atoms. The van der Waals surface area contributed by atoms with Crippen molar-refractivity contribution >= 4 is 29.5 Å². The molecule has 1 N–H and O–H groups in total. The number of nitrogens with one attached hydrogen (secondary N) is 1. The van der Waals surface area contributed by atoms with Crippen LogP contribution in [0.1, 0.15) is 5.56 Å². The third-order valence-corrected chi connectivity index (χ3v) is 5.40. The number of anilines is 1. The highest BCUT2D eigenvalue weighted by atomic mass is 35.5. The Morgan fingerprint density at radius 3 is 2.81 bits per heavy atom. The molecule has 0 saturated carbocycles. The highest BCUT2D eigenvalue weighted by Gasteiger charge is 2.22. The highest BCUT2D eigenvalue weighted by molar-refractivity contribution is 7.71. The van der Waals surface area contributed by atoms with Gasteiger partial charge in [0.25, 0.3) is 4.84 Å². The monoisotopic (exact) mass is 402 g/mol. The molecule has 1 fully saturated rings. The summed E-state index contributed by atoms with van der Waals surface area (Å²) in [6.45, 7) is 6.77. The third-order valence-electron chi connectivity index (χ3n) is 4.87. The van der Waals surface area contributed by atoms with Gasteiger partial charge in [0.2, 0.25) is 5.89 Å². The Morgan fingerprint density at radius 1 is 1.26 bits per heavy atom. The van der Waals surface area contributed by atoms with E-state index in [0.29, 0.717) is 17.4 Å². The number of hydrogen-bond acceptors (Lipinski definition) is 5. The summed E-state index contributed by atoms with van der Waals surface area (Å²) >= 11 is 11.5. The van der Waals surface area contributed by atoms with Crippen LogP contribution in [0.3, 0.4) is 0 Å². The Balaban J connectivity index is 1.42. The molecule has 6 nitrogen and oxygen atoms in total. The molecule has 140 valence electrons. The average molecular weight is 403 g/mol. The van der Waals surface area contributed by atoms with Gasteiger partial charge in [0.1, 0.15) is 0 Å². The molecule has 1 saturated heterocycles. The lowest BCUT2D eigenvalue weighted by atomic mass is 10.1. The van der Waals surface area contributed by atoms with Crippen LogP contribution in [0.15, 0.2) is 47.1 Å². The molecule has 0 radical (unpaired) electrons. The van der Waals surface area contributed by atoms with Gasteiger partial charge < -0.3 is 14.2 Å². The standard InChI is InChI=1S/C19H20ClN5OS/c1-14-4-5-16(20)11-17(14)24-9-7-23(8-10-24)13-25-19(27)26-18(22-25)15-3-2-6-21-12-15/h2-6,11-12H,7-10,13H2,1H3/p+1. The SMILES string of the molecule is Cc1ccc(Cl)cc1N1CC[NH+](Cn2nc(-c3cccnc3)oc2=S)CC1. The van der Waals surface area contributed by atoms with Crippen molar-refractivity contribution in [2.45, 2.75) is 13.6 Å². The van der Waals surface area contributed by atoms with Gasteiger partial charge >= 0.3 is 0 Å². The van der Waals surface area contributed by atoms with Crippen LogP contribution < -0.4 is 9.80 Å². The van der Waals surface area contributed by atoms with Crippen molar-refractivity contribution in [3.63, 3.8) is 0 Å². The third kappa shape index (κ3) is 4.05. The van der Waals surface area contributed by atoms with Crippen LogP contribution >= 0.6 is 23.8 Å². The average Bonchev–Trinajstić information content (AvgIpc) is 3.06. The van der Waals surface area contributed by atoms with Gasteiger partial charge in [-0.1, -0.05) is 17.7 Å². The van der Waals surface area contributed by atoms with Gasteiger partial charge in [-0.3, -0.25) is 4.98 Å². The summed E-state index contributed by atoms with van der Waals surface area (Å²) in [6.07, 6.45) is 3.45. The number of hydrogen-bond donors (Lipinski definition) is 1. The van der Waals surface area contributed by atoms with Crippen molar-refractivity contribution < 1.29 is 9.32 Å². The molecule has 1 aromatic carbocycles. The van der Waals surface area contributed by atoms with E-state index < -0.39 is 0 Å². The van der Waals surface area contributed by atoms with E-state index in [4.69, 9.17) is 28.2 Å². The summed E-state index contributed by atoms with van der Waals surface area (Å²) in [5.41, 5.74) is 3.31. The highest BCUT2D eigenvalue weighted by Crippen LogP contribution is 2.24. The zero-order valence-corrected chi connectivity index (χ0v) is 16.6. The Hall–Kier alpha value is -2.22. The van der Waals surface area contributed by atoms with Gasteiger partial charge in [-0.05, 0) is 49.0 Å². The van der Waals surface area contributed by atoms with Gasteiger partial charge in [0.15, 0.2) is 6.67 Å². The molecule has 0 atom stereocenters. The van der Waals surface area contributed by atoms with Crippen LogP contribution in [0.4, 0.5) is 5.69 Å². The van der Waals surface area contributed by atoms with Crippen molar-refractivity contribution in [3.8, 4) is 11.5 Å². The number of rotatable bonds is 4. The molecule has 1 aliphatic heterocycles. The molecule has 3 aromatic rings. The molecule has 3 heterocycles. The van der Waals surface area contributed by atoms with E-state index in [1.54, 1.807) is 17.1 Å². The van der Waals surface area contributed by atoms with E-state index in [2.05, 4.69) is 34.0 Å². The number of pyridine rings is 1. The minimum Gasteiger partial charge on any atom is -0.409 e. The van der Waals surface area contributed by atoms with Gasteiger partial charge in [-0.25, -0.2) is 0 Å². The van der Waals surface area contributed by atoms with Crippen molar-refractivity contribution in [2.24, 2.45) is 0 Å². The van der Waals surface area contributed by atoms with E-state index in [1.165, 1.54) is 16.2 Å². The summed E-state index contributed by atoms with van der Waals surface area (Å²) in [7, 11) is 0. The first-order valence-electron chi connectivity index (χ1n) is 8.93. The minimum atomic E-state index is 0.398. The van der Waals surface area contributed by atoms with Gasteiger partial charge in [-0.2, -0.15) is 4.68 Å². The number of halogens is 1. The maximum atomic E-state index is 6.17. The van der Waals surface area contributed by atoms with Crippen LogP contribution in [-0.4, -0.2) is 40.9 Å². The van der Waals surface area contributed by atoms with Crippen LogP contribution in [0, 0.1) is 11.8 Å². The second kappa shape index (κ2) is 7.80. The number of aryl methyl sites for hydroxylation is 1. The van der Waals surface area contributed by atoms with Crippen LogP contribution in [0.25, 0.3) is 11.5 Å². The molecule has 0 amide bonds. The van der Waals surface area contributed by atoms with E-state index in [0.717, 1.165) is 36.8 Å². The van der Waals surface area contributed by atoms with Gasteiger partial charge in [0, 0.05) is 23.1 Å². The molecule has 4 rings (SSSR count). The lowest BCUT2D eigenvalue weighted by molar-refractivity contribution is -0.924. The Kier molecular flexibility index (Phi) is 5.24. The first kappa shape index (κ1) is 18.2. The Labute approximate surface area is 168 Å². The summed E-state index contributed by atoms with van der Waals surface area (Å²) in [5.74, 6) is 0.515. The largest absolute Gasteiger partial charge is 0.409 e. The van der Waals surface area contributed by atoms with Crippen LogP contribution in [0.5, 0.6) is 0 Å². The number of quaternary nitrogens is 1. The molecular formula is C19H21ClN5OS+. The lowest BCUT2D eigenvalue weighted by Gasteiger charge is -2.34. The molecule has 1 aliphatic rings. The molecule has 2 aromatic heterocycles. The second-order valence-corrected chi connectivity index (χ2v) is 7.53. The lowest BCUT2D eigenvalue weighted by Crippen LogP contribution is -3.14. The summed E-state index contributed by atoms with van der Waals surface area (Å²) in [5, 5.41) is 5.31. The van der Waals surface area contributed by atoms with Crippen molar-refractivity contribution in [1.29, 1.82) is 0 Å². The predicted molar refractivity (Wildman–Crippen MR) is 108 cm³/mol. The van der Waals surface area contributed by atoms with Crippen molar-refractivity contribution in [1.82, 2.24) is 14.8 Å². The summed E-state index contributed by atoms with van der Waals surface area (Å²) in [6, 6.07) is 9.83. The van der Waals surface area contributed by atoms with Gasteiger partial charge in [-0.15, -0.1) is 5.10 Å². The molecule has 0 aliphatic carbocycles. The quantitative estimate of drug-likeness (QED) is 0.680. The zero-order chi connectivity index (χ0) is 18.8. The number of aromatic nitrogens is 3. The number of piperazine rings is 1. The maximum Gasteiger partial charge on any atom is 0.292 e.